The Hall–Kier alpha value is -2.18. The Kier molecular flexibility index (Phi) is 7.45. The molecule has 1 aliphatic rings. The number of hydrogen-bond donors (Lipinski definition) is 2. The standard InChI is InChI=1S/C18H25N3O3/c1-2-10-19-18(23)20-17(22)14-21(13-16-9-6-11-24-16)12-15-7-4-3-5-8-15/h2-5,7-8,16H,1,6,9-14H2,(H2,19,20,22,23). The second-order valence-electron chi connectivity index (χ2n) is 5.84. The van der Waals surface area contributed by atoms with Crippen molar-refractivity contribution < 1.29 is 14.3 Å². The Bertz CT molecular complexity index is 542. The molecule has 2 rings (SSSR count). The molecule has 0 saturated carbocycles. The molecular formula is C18H25N3O3. The van der Waals surface area contributed by atoms with Crippen LogP contribution >= 0.6 is 0 Å². The van der Waals surface area contributed by atoms with Crippen molar-refractivity contribution >= 4 is 11.9 Å². The minimum atomic E-state index is -0.503. The highest BCUT2D eigenvalue weighted by Crippen LogP contribution is 2.15. The molecule has 0 aliphatic carbocycles. The number of imide groups is 1. The molecule has 130 valence electrons. The highest BCUT2D eigenvalue weighted by atomic mass is 16.5. The van der Waals surface area contributed by atoms with Gasteiger partial charge in [-0.25, -0.2) is 4.79 Å². The van der Waals surface area contributed by atoms with Crippen molar-refractivity contribution in [3.05, 3.63) is 48.6 Å². The quantitative estimate of drug-likeness (QED) is 0.711. The average molecular weight is 331 g/mol. The van der Waals surface area contributed by atoms with Gasteiger partial charge in [-0.15, -0.1) is 6.58 Å². The maximum absolute atomic E-state index is 12.1. The molecule has 0 radical (unpaired) electrons. The molecule has 1 unspecified atom stereocenters. The summed E-state index contributed by atoms with van der Waals surface area (Å²) in [5.74, 6) is -0.328. The number of nitrogens with zero attached hydrogens (tertiary/aromatic N) is 1. The van der Waals surface area contributed by atoms with E-state index >= 15 is 0 Å². The van der Waals surface area contributed by atoms with Gasteiger partial charge in [0.2, 0.25) is 5.91 Å². The third-order valence-corrected chi connectivity index (χ3v) is 3.76. The van der Waals surface area contributed by atoms with E-state index in [9.17, 15) is 9.59 Å². The molecule has 2 N–H and O–H groups in total. The third-order valence-electron chi connectivity index (χ3n) is 3.76. The van der Waals surface area contributed by atoms with Crippen molar-refractivity contribution in [1.29, 1.82) is 0 Å². The molecule has 0 bridgehead atoms. The first kappa shape index (κ1) is 18.2. The lowest BCUT2D eigenvalue weighted by Crippen LogP contribution is -2.45. The van der Waals surface area contributed by atoms with E-state index in [2.05, 4.69) is 17.2 Å². The van der Waals surface area contributed by atoms with Crippen LogP contribution < -0.4 is 10.6 Å². The van der Waals surface area contributed by atoms with Gasteiger partial charge < -0.3 is 10.1 Å². The maximum Gasteiger partial charge on any atom is 0.321 e. The van der Waals surface area contributed by atoms with Crippen LogP contribution in [-0.4, -0.2) is 49.2 Å². The zero-order valence-corrected chi connectivity index (χ0v) is 13.9. The molecule has 6 nitrogen and oxygen atoms in total. The van der Waals surface area contributed by atoms with Gasteiger partial charge in [0.1, 0.15) is 0 Å². The number of amides is 3. The summed E-state index contributed by atoms with van der Waals surface area (Å²) in [6, 6.07) is 9.46. The summed E-state index contributed by atoms with van der Waals surface area (Å²) in [7, 11) is 0. The highest BCUT2D eigenvalue weighted by Gasteiger charge is 2.21. The first-order chi connectivity index (χ1) is 11.7. The maximum atomic E-state index is 12.1. The van der Waals surface area contributed by atoms with Gasteiger partial charge in [0.15, 0.2) is 0 Å². The van der Waals surface area contributed by atoms with Crippen LogP contribution in [0.5, 0.6) is 0 Å². The van der Waals surface area contributed by atoms with Gasteiger partial charge in [0, 0.05) is 26.2 Å². The zero-order valence-electron chi connectivity index (χ0n) is 13.9. The number of hydrogen-bond acceptors (Lipinski definition) is 4. The van der Waals surface area contributed by atoms with Crippen molar-refractivity contribution in [1.82, 2.24) is 15.5 Å². The SMILES string of the molecule is C=CCNC(=O)NC(=O)CN(Cc1ccccc1)CC1CCCO1. The molecule has 1 aromatic carbocycles. The highest BCUT2D eigenvalue weighted by molar-refractivity contribution is 5.95. The van der Waals surface area contributed by atoms with Gasteiger partial charge in [0.25, 0.3) is 0 Å². The predicted octanol–water partition coefficient (Wildman–Crippen LogP) is 1.68. The van der Waals surface area contributed by atoms with Crippen molar-refractivity contribution in [2.75, 3.05) is 26.2 Å². The number of carbonyl (C=O) groups excluding carboxylic acids is 2. The van der Waals surface area contributed by atoms with E-state index in [1.54, 1.807) is 6.08 Å². The van der Waals surface area contributed by atoms with E-state index in [0.717, 1.165) is 25.0 Å². The molecular weight excluding hydrogens is 306 g/mol. The van der Waals surface area contributed by atoms with Crippen LogP contribution in [0.15, 0.2) is 43.0 Å². The van der Waals surface area contributed by atoms with Gasteiger partial charge in [0.05, 0.1) is 12.6 Å². The summed E-state index contributed by atoms with van der Waals surface area (Å²) in [6.07, 6.45) is 3.77. The number of rotatable bonds is 8. The van der Waals surface area contributed by atoms with E-state index in [0.29, 0.717) is 19.6 Å². The second kappa shape index (κ2) is 9.85. The Balaban J connectivity index is 1.90. The summed E-state index contributed by atoms with van der Waals surface area (Å²) >= 11 is 0. The van der Waals surface area contributed by atoms with Crippen LogP contribution in [0, 0.1) is 0 Å². The van der Waals surface area contributed by atoms with E-state index < -0.39 is 6.03 Å². The summed E-state index contributed by atoms with van der Waals surface area (Å²) in [5, 5.41) is 4.86. The summed E-state index contributed by atoms with van der Waals surface area (Å²) < 4.78 is 5.67. The predicted molar refractivity (Wildman–Crippen MR) is 92.4 cm³/mol. The third kappa shape index (κ3) is 6.52. The first-order valence-electron chi connectivity index (χ1n) is 8.24. The fraction of sp³-hybridized carbons (Fsp3) is 0.444. The van der Waals surface area contributed by atoms with Crippen molar-refractivity contribution in [3.63, 3.8) is 0 Å². The Morgan fingerprint density at radius 3 is 2.79 bits per heavy atom. The Morgan fingerprint density at radius 2 is 2.12 bits per heavy atom. The summed E-state index contributed by atoms with van der Waals surface area (Å²) in [5.41, 5.74) is 1.12. The van der Waals surface area contributed by atoms with E-state index in [4.69, 9.17) is 4.74 Å². The van der Waals surface area contributed by atoms with Crippen LogP contribution in [0.25, 0.3) is 0 Å². The molecule has 0 spiro atoms. The normalized spacial score (nSPS) is 16.8. The smallest absolute Gasteiger partial charge is 0.321 e. The van der Waals surface area contributed by atoms with Crippen LogP contribution in [0.1, 0.15) is 18.4 Å². The van der Waals surface area contributed by atoms with Crippen LogP contribution in [-0.2, 0) is 16.1 Å². The molecule has 1 aromatic rings. The number of carbonyl (C=O) groups is 2. The van der Waals surface area contributed by atoms with E-state index in [1.165, 1.54) is 0 Å². The molecule has 0 aromatic heterocycles. The van der Waals surface area contributed by atoms with Crippen LogP contribution in [0.3, 0.4) is 0 Å². The van der Waals surface area contributed by atoms with Gasteiger partial charge >= 0.3 is 6.03 Å². The monoisotopic (exact) mass is 331 g/mol. The molecule has 1 fully saturated rings. The topological polar surface area (TPSA) is 70.7 Å². The zero-order chi connectivity index (χ0) is 17.2. The Morgan fingerprint density at radius 1 is 1.33 bits per heavy atom. The minimum absolute atomic E-state index is 0.149. The largest absolute Gasteiger partial charge is 0.377 e. The summed E-state index contributed by atoms with van der Waals surface area (Å²) in [4.78, 5) is 25.7. The van der Waals surface area contributed by atoms with Crippen molar-refractivity contribution in [3.8, 4) is 0 Å². The van der Waals surface area contributed by atoms with Crippen LogP contribution in [0.4, 0.5) is 4.79 Å². The van der Waals surface area contributed by atoms with Crippen LogP contribution in [0.2, 0.25) is 0 Å². The summed E-state index contributed by atoms with van der Waals surface area (Å²) in [6.45, 7) is 6.08. The minimum Gasteiger partial charge on any atom is -0.377 e. The lowest BCUT2D eigenvalue weighted by molar-refractivity contribution is -0.121. The lowest BCUT2D eigenvalue weighted by Gasteiger charge is -2.24. The average Bonchev–Trinajstić information content (AvgIpc) is 3.06. The van der Waals surface area contributed by atoms with E-state index in [-0.39, 0.29) is 18.6 Å². The number of nitrogens with one attached hydrogen (secondary N) is 2. The molecule has 24 heavy (non-hydrogen) atoms. The molecule has 3 amide bonds. The molecule has 1 heterocycles. The van der Waals surface area contributed by atoms with Crippen molar-refractivity contribution in [2.45, 2.75) is 25.5 Å². The first-order valence-corrected chi connectivity index (χ1v) is 8.24. The molecule has 1 aliphatic heterocycles. The molecule has 1 saturated heterocycles. The molecule has 1 atom stereocenters. The molecule has 6 heteroatoms. The number of urea groups is 1. The number of benzene rings is 1. The number of ether oxygens (including phenoxy) is 1. The van der Waals surface area contributed by atoms with Gasteiger partial charge in [-0.2, -0.15) is 0 Å². The fourth-order valence-corrected chi connectivity index (χ4v) is 2.68. The van der Waals surface area contributed by atoms with Crippen molar-refractivity contribution in [2.24, 2.45) is 0 Å². The van der Waals surface area contributed by atoms with Gasteiger partial charge in [-0.05, 0) is 18.4 Å². The Labute approximate surface area is 142 Å². The fourth-order valence-electron chi connectivity index (χ4n) is 2.68. The second-order valence-corrected chi connectivity index (χ2v) is 5.84. The van der Waals surface area contributed by atoms with Gasteiger partial charge in [-0.1, -0.05) is 36.4 Å². The van der Waals surface area contributed by atoms with Gasteiger partial charge in [-0.3, -0.25) is 15.0 Å². The lowest BCUT2D eigenvalue weighted by atomic mass is 10.2. The van der Waals surface area contributed by atoms with E-state index in [1.807, 2.05) is 35.2 Å².